The van der Waals surface area contributed by atoms with Crippen molar-refractivity contribution in [3.8, 4) is 0 Å². The zero-order valence-corrected chi connectivity index (χ0v) is 10.5. The predicted octanol–water partition coefficient (Wildman–Crippen LogP) is 1.54. The molecule has 0 aliphatic carbocycles. The molecule has 0 aliphatic rings. The number of hydrogen-bond donors (Lipinski definition) is 1. The zero-order chi connectivity index (χ0) is 13.7. The first-order valence-electron chi connectivity index (χ1n) is 5.37. The number of halogens is 1. The van der Waals surface area contributed by atoms with Crippen molar-refractivity contribution in [2.45, 2.75) is 0 Å². The van der Waals surface area contributed by atoms with Crippen LogP contribution in [0.1, 0.15) is 15.9 Å². The number of nitrogens with one attached hydrogen (secondary N) is 1. The van der Waals surface area contributed by atoms with Crippen LogP contribution in [0, 0.1) is 0 Å². The summed E-state index contributed by atoms with van der Waals surface area (Å²) in [6.07, 6.45) is 4.89. The second kappa shape index (κ2) is 5.97. The average Bonchev–Trinajstić information content (AvgIpc) is 2.41. The number of carboxylic acids is 1. The maximum atomic E-state index is 10.8. The first-order chi connectivity index (χ1) is 9.16. The Balaban J connectivity index is 2.10. The maximum absolute atomic E-state index is 10.8. The lowest BCUT2D eigenvalue weighted by atomic mass is 10.2. The van der Waals surface area contributed by atoms with Gasteiger partial charge in [-0.3, -0.25) is 10.4 Å². The van der Waals surface area contributed by atoms with Crippen LogP contribution in [0.4, 0.5) is 5.69 Å². The van der Waals surface area contributed by atoms with Crippen LogP contribution in [0.15, 0.2) is 47.8 Å². The molecule has 0 bridgehead atoms. The van der Waals surface area contributed by atoms with Crippen LogP contribution in [0.3, 0.4) is 0 Å². The molecule has 0 aliphatic heterocycles. The lowest BCUT2D eigenvalue weighted by Gasteiger charge is -2.07. The third-order valence-corrected chi connectivity index (χ3v) is 2.63. The minimum Gasteiger partial charge on any atom is -0.545 e. The molecule has 0 unspecified atom stereocenters. The Labute approximate surface area is 114 Å². The van der Waals surface area contributed by atoms with E-state index in [9.17, 15) is 9.90 Å². The Hall–Kier alpha value is -2.40. The molecule has 1 N–H and O–H groups in total. The molecule has 0 atom stereocenters. The number of carbonyl (C=O) groups is 1. The van der Waals surface area contributed by atoms with Crippen LogP contribution in [0.2, 0.25) is 5.02 Å². The number of rotatable bonds is 4. The van der Waals surface area contributed by atoms with E-state index in [4.69, 9.17) is 11.6 Å². The lowest BCUT2D eigenvalue weighted by Crippen LogP contribution is -2.22. The van der Waals surface area contributed by atoms with Crippen molar-refractivity contribution < 1.29 is 9.90 Å². The van der Waals surface area contributed by atoms with Gasteiger partial charge in [0.25, 0.3) is 0 Å². The third kappa shape index (κ3) is 3.53. The molecule has 19 heavy (non-hydrogen) atoms. The first kappa shape index (κ1) is 13.0. The van der Waals surface area contributed by atoms with Gasteiger partial charge in [0.05, 0.1) is 17.9 Å². The summed E-state index contributed by atoms with van der Waals surface area (Å²) in [7, 11) is 0. The first-order valence-corrected chi connectivity index (χ1v) is 5.74. The molecule has 0 fully saturated rings. The monoisotopic (exact) mass is 274 g/mol. The molecule has 1 aromatic carbocycles. The molecule has 6 heteroatoms. The summed E-state index contributed by atoms with van der Waals surface area (Å²) in [6, 6.07) is 8.04. The van der Waals surface area contributed by atoms with Gasteiger partial charge in [0.1, 0.15) is 0 Å². The van der Waals surface area contributed by atoms with E-state index in [1.807, 2.05) is 0 Å². The van der Waals surface area contributed by atoms with Gasteiger partial charge >= 0.3 is 0 Å². The summed E-state index contributed by atoms with van der Waals surface area (Å²) in [4.78, 5) is 14.7. The van der Waals surface area contributed by atoms with Gasteiger partial charge in [0.2, 0.25) is 0 Å². The summed E-state index contributed by atoms with van der Waals surface area (Å²) in [6.45, 7) is 0. The molecular weight excluding hydrogens is 266 g/mol. The van der Waals surface area contributed by atoms with Gasteiger partial charge in [-0.1, -0.05) is 11.6 Å². The second-order valence-electron chi connectivity index (χ2n) is 3.63. The number of aromatic nitrogens is 1. The van der Waals surface area contributed by atoms with Crippen molar-refractivity contribution in [3.63, 3.8) is 0 Å². The van der Waals surface area contributed by atoms with E-state index in [1.54, 1.807) is 36.8 Å². The molecule has 0 spiro atoms. The van der Waals surface area contributed by atoms with E-state index in [0.29, 0.717) is 5.69 Å². The quantitative estimate of drug-likeness (QED) is 0.678. The van der Waals surface area contributed by atoms with Crippen LogP contribution in [-0.2, 0) is 0 Å². The van der Waals surface area contributed by atoms with E-state index in [1.165, 1.54) is 12.1 Å². The maximum Gasteiger partial charge on any atom is 0.0731 e. The largest absolute Gasteiger partial charge is 0.545 e. The Kier molecular flexibility index (Phi) is 4.10. The van der Waals surface area contributed by atoms with Crippen molar-refractivity contribution in [2.24, 2.45) is 5.10 Å². The summed E-state index contributed by atoms with van der Waals surface area (Å²) in [5, 5.41) is 14.9. The molecule has 0 amide bonds. The van der Waals surface area contributed by atoms with Gasteiger partial charge in [-0.25, -0.2) is 0 Å². The van der Waals surface area contributed by atoms with Gasteiger partial charge in [0.15, 0.2) is 0 Å². The molecule has 2 rings (SSSR count). The average molecular weight is 275 g/mol. The fraction of sp³-hybridized carbons (Fsp3) is 0. The van der Waals surface area contributed by atoms with Crippen LogP contribution >= 0.6 is 11.6 Å². The Morgan fingerprint density at radius 3 is 2.74 bits per heavy atom. The number of nitrogens with zero attached hydrogens (tertiary/aromatic N) is 2. The smallest absolute Gasteiger partial charge is 0.0731 e. The molecule has 5 nitrogen and oxygen atoms in total. The number of carbonyl (C=O) groups excluding carboxylic acids is 1. The summed E-state index contributed by atoms with van der Waals surface area (Å²) in [5.41, 5.74) is 4.02. The number of hydrogen-bond acceptors (Lipinski definition) is 5. The Morgan fingerprint density at radius 2 is 2.05 bits per heavy atom. The van der Waals surface area contributed by atoms with Crippen molar-refractivity contribution in [2.75, 3.05) is 5.43 Å². The van der Waals surface area contributed by atoms with Crippen molar-refractivity contribution >= 4 is 29.5 Å². The normalized spacial score (nSPS) is 10.6. The van der Waals surface area contributed by atoms with Gasteiger partial charge in [-0.15, -0.1) is 0 Å². The molecule has 96 valence electrons. The third-order valence-electron chi connectivity index (χ3n) is 2.30. The van der Waals surface area contributed by atoms with Crippen LogP contribution in [0.25, 0.3) is 0 Å². The van der Waals surface area contributed by atoms with E-state index in [-0.39, 0.29) is 10.6 Å². The van der Waals surface area contributed by atoms with Crippen LogP contribution in [0.5, 0.6) is 0 Å². The van der Waals surface area contributed by atoms with Gasteiger partial charge in [0, 0.05) is 23.0 Å². The second-order valence-corrected chi connectivity index (χ2v) is 4.04. The number of hydrazone groups is 1. The van der Waals surface area contributed by atoms with Gasteiger partial charge in [-0.2, -0.15) is 5.10 Å². The van der Waals surface area contributed by atoms with Crippen LogP contribution in [-0.4, -0.2) is 17.2 Å². The minimum absolute atomic E-state index is 0.0780. The topological polar surface area (TPSA) is 77.4 Å². The number of pyridine rings is 1. The minimum atomic E-state index is -1.33. The molecule has 1 aromatic heterocycles. The highest BCUT2D eigenvalue weighted by Gasteiger charge is 2.02. The van der Waals surface area contributed by atoms with Gasteiger partial charge in [-0.05, 0) is 35.9 Å². The number of benzene rings is 1. The standard InChI is InChI=1S/C13H10ClN3O2/c14-12-2-1-10(7-11(12)13(18)19)17-16-8-9-3-5-15-6-4-9/h1-8,17H,(H,18,19)/p-1/b16-8-. The Bertz CT molecular complexity index is 615. The highest BCUT2D eigenvalue weighted by Crippen LogP contribution is 2.19. The summed E-state index contributed by atoms with van der Waals surface area (Å²) in [5.74, 6) is -1.33. The van der Waals surface area contributed by atoms with Crippen molar-refractivity contribution in [1.82, 2.24) is 4.98 Å². The number of aromatic carboxylic acids is 1. The molecule has 0 radical (unpaired) electrons. The van der Waals surface area contributed by atoms with Crippen molar-refractivity contribution in [3.05, 3.63) is 58.9 Å². The van der Waals surface area contributed by atoms with E-state index < -0.39 is 5.97 Å². The highest BCUT2D eigenvalue weighted by atomic mass is 35.5. The van der Waals surface area contributed by atoms with E-state index in [2.05, 4.69) is 15.5 Å². The molecule has 2 aromatic rings. The van der Waals surface area contributed by atoms with Crippen LogP contribution < -0.4 is 10.5 Å². The van der Waals surface area contributed by atoms with Crippen molar-refractivity contribution in [1.29, 1.82) is 0 Å². The van der Waals surface area contributed by atoms with Gasteiger partial charge < -0.3 is 9.90 Å². The fourth-order valence-corrected chi connectivity index (χ4v) is 1.58. The fourth-order valence-electron chi connectivity index (χ4n) is 1.38. The summed E-state index contributed by atoms with van der Waals surface area (Å²) < 4.78 is 0. The molecule has 0 saturated carbocycles. The molecule has 0 saturated heterocycles. The van der Waals surface area contributed by atoms with E-state index >= 15 is 0 Å². The highest BCUT2D eigenvalue weighted by molar-refractivity contribution is 6.33. The van der Waals surface area contributed by atoms with E-state index in [0.717, 1.165) is 5.56 Å². The number of carboxylic acid groups (broad SMARTS) is 1. The molecule has 1 heterocycles. The SMILES string of the molecule is O=C([O-])c1cc(N/N=C\c2ccncc2)ccc1Cl. The number of anilines is 1. The predicted molar refractivity (Wildman–Crippen MR) is 71.2 cm³/mol. The Morgan fingerprint density at radius 1 is 1.32 bits per heavy atom. The zero-order valence-electron chi connectivity index (χ0n) is 9.71. The summed E-state index contributed by atoms with van der Waals surface area (Å²) >= 11 is 5.73. The lowest BCUT2D eigenvalue weighted by molar-refractivity contribution is -0.255. The molecular formula is C13H9ClN3O2-.